The van der Waals surface area contributed by atoms with E-state index in [2.05, 4.69) is 13.8 Å². The molecule has 0 spiro atoms. The molecule has 0 aromatic rings. The van der Waals surface area contributed by atoms with Gasteiger partial charge in [0, 0.05) is 0 Å². The topological polar surface area (TPSA) is 20.2 Å². The van der Waals surface area contributed by atoms with Crippen molar-refractivity contribution in [3.05, 3.63) is 0 Å². The van der Waals surface area contributed by atoms with Crippen LogP contribution in [-0.2, 0) is 0 Å². The number of aliphatic hydroxyl groups is 1. The molecule has 5 rings (SSSR count). The van der Waals surface area contributed by atoms with E-state index in [0.29, 0.717) is 10.8 Å². The summed E-state index contributed by atoms with van der Waals surface area (Å²) in [7, 11) is 0. The predicted molar refractivity (Wildman–Crippen MR) is 112 cm³/mol. The van der Waals surface area contributed by atoms with Gasteiger partial charge in [0.05, 0.1) is 6.10 Å². The third-order valence-electron chi connectivity index (χ3n) is 10.9. The number of hydrogen-bond acceptors (Lipinski definition) is 1. The number of aliphatic hydroxyl groups excluding tert-OH is 1. The quantitative estimate of drug-likeness (QED) is 0.516. The average molecular weight is 373 g/mol. The molecule has 0 radical (unpaired) electrons. The van der Waals surface area contributed by atoms with Crippen LogP contribution in [0.15, 0.2) is 0 Å². The zero-order chi connectivity index (χ0) is 18.6. The van der Waals surface area contributed by atoms with Crippen molar-refractivity contribution in [2.24, 2.45) is 46.3 Å². The molecule has 27 heavy (non-hydrogen) atoms. The van der Waals surface area contributed by atoms with Crippen LogP contribution in [0.5, 0.6) is 0 Å². The van der Waals surface area contributed by atoms with Gasteiger partial charge in [0.2, 0.25) is 0 Å². The zero-order valence-corrected chi connectivity index (χ0v) is 18.1. The summed E-state index contributed by atoms with van der Waals surface area (Å²) >= 11 is 0. The van der Waals surface area contributed by atoms with Crippen molar-refractivity contribution >= 4 is 0 Å². The largest absolute Gasteiger partial charge is 0.393 e. The van der Waals surface area contributed by atoms with E-state index in [1.807, 2.05) is 0 Å². The Labute approximate surface area is 168 Å². The van der Waals surface area contributed by atoms with Crippen LogP contribution in [-0.4, -0.2) is 11.2 Å². The third kappa shape index (κ3) is 3.23. The Morgan fingerprint density at radius 3 is 2.30 bits per heavy atom. The second kappa shape index (κ2) is 7.03. The Balaban J connectivity index is 1.25. The van der Waals surface area contributed by atoms with E-state index >= 15 is 0 Å². The van der Waals surface area contributed by atoms with E-state index in [1.54, 1.807) is 0 Å². The summed E-state index contributed by atoms with van der Waals surface area (Å²) in [5, 5.41) is 10.2. The Morgan fingerprint density at radius 2 is 1.48 bits per heavy atom. The number of hydrogen-bond donors (Lipinski definition) is 1. The van der Waals surface area contributed by atoms with Crippen molar-refractivity contribution in [3.63, 3.8) is 0 Å². The molecule has 5 fully saturated rings. The molecule has 5 saturated carbocycles. The van der Waals surface area contributed by atoms with Gasteiger partial charge in [0.15, 0.2) is 0 Å². The highest BCUT2D eigenvalue weighted by Gasteiger charge is 2.59. The highest BCUT2D eigenvalue weighted by molar-refractivity contribution is 5.09. The maximum atomic E-state index is 10.2. The van der Waals surface area contributed by atoms with Crippen LogP contribution >= 0.6 is 0 Å². The molecule has 0 bridgehead atoms. The van der Waals surface area contributed by atoms with Crippen molar-refractivity contribution < 1.29 is 5.11 Å². The van der Waals surface area contributed by atoms with Crippen LogP contribution in [0, 0.1) is 46.3 Å². The minimum atomic E-state index is -0.0000172. The fraction of sp³-hybridized carbons (Fsp3) is 1.00. The molecule has 0 amide bonds. The van der Waals surface area contributed by atoms with E-state index < -0.39 is 0 Å². The summed E-state index contributed by atoms with van der Waals surface area (Å²) in [6.45, 7) is 5.35. The minimum absolute atomic E-state index is 0.0000172. The van der Waals surface area contributed by atoms with E-state index in [4.69, 9.17) is 0 Å². The van der Waals surface area contributed by atoms with Gasteiger partial charge in [-0.3, -0.25) is 0 Å². The Hall–Kier alpha value is -0.0400. The van der Waals surface area contributed by atoms with Crippen molar-refractivity contribution in [1.29, 1.82) is 0 Å². The van der Waals surface area contributed by atoms with Crippen LogP contribution in [0.4, 0.5) is 0 Å². The van der Waals surface area contributed by atoms with Crippen LogP contribution in [0.1, 0.15) is 110 Å². The molecular formula is C26H44O. The molecule has 0 heterocycles. The summed E-state index contributed by atoms with van der Waals surface area (Å²) in [5.41, 5.74) is 1.21. The number of fused-ring (bicyclic) bond motifs is 5. The maximum Gasteiger partial charge on any atom is 0.0543 e. The smallest absolute Gasteiger partial charge is 0.0543 e. The molecule has 5 aliphatic rings. The molecule has 5 aliphatic carbocycles. The second-order valence-electron chi connectivity index (χ2n) is 12.1. The van der Waals surface area contributed by atoms with Gasteiger partial charge in [-0.25, -0.2) is 0 Å². The molecule has 1 N–H and O–H groups in total. The third-order valence-corrected chi connectivity index (χ3v) is 10.9. The van der Waals surface area contributed by atoms with Gasteiger partial charge in [-0.15, -0.1) is 0 Å². The molecule has 0 saturated heterocycles. The van der Waals surface area contributed by atoms with Crippen molar-refractivity contribution in [2.45, 2.75) is 116 Å². The maximum absolute atomic E-state index is 10.2. The second-order valence-corrected chi connectivity index (χ2v) is 12.1. The van der Waals surface area contributed by atoms with Crippen LogP contribution in [0.25, 0.3) is 0 Å². The fourth-order valence-electron chi connectivity index (χ4n) is 9.05. The standard InChI is InChI=1S/C26H44O/c1-25-16-14-24-22(11-9-20-17-21(27)13-15-26(20,24)2)23(25)12-10-19(25)6-4-3-5-18-7-8-18/h18-24,27H,3-17H2,1-2H3/t19-,20?,21-,22-,23?,24?,25?,26?/m0/s1. The van der Waals surface area contributed by atoms with Gasteiger partial charge in [0.25, 0.3) is 0 Å². The molecule has 0 aliphatic heterocycles. The first-order chi connectivity index (χ1) is 13.0. The van der Waals surface area contributed by atoms with E-state index in [0.717, 1.165) is 48.3 Å². The van der Waals surface area contributed by atoms with Crippen molar-refractivity contribution in [2.75, 3.05) is 0 Å². The van der Waals surface area contributed by atoms with Gasteiger partial charge in [0.1, 0.15) is 0 Å². The van der Waals surface area contributed by atoms with Gasteiger partial charge in [-0.05, 0) is 111 Å². The first-order valence-electron chi connectivity index (χ1n) is 12.7. The first kappa shape index (κ1) is 19.0. The van der Waals surface area contributed by atoms with E-state index in [1.165, 1.54) is 83.5 Å². The van der Waals surface area contributed by atoms with Gasteiger partial charge >= 0.3 is 0 Å². The normalized spacial score (nSPS) is 52.1. The highest BCUT2D eigenvalue weighted by Crippen LogP contribution is 2.67. The number of rotatable bonds is 5. The van der Waals surface area contributed by atoms with Gasteiger partial charge in [-0.2, -0.15) is 0 Å². The lowest BCUT2D eigenvalue weighted by atomic mass is 9.44. The van der Waals surface area contributed by atoms with Gasteiger partial charge < -0.3 is 5.11 Å². The average Bonchev–Trinajstić information content (AvgIpc) is 3.41. The van der Waals surface area contributed by atoms with Crippen LogP contribution in [0.3, 0.4) is 0 Å². The predicted octanol–water partition coefficient (Wildman–Crippen LogP) is 6.98. The molecule has 8 atom stereocenters. The number of unbranched alkanes of at least 4 members (excludes halogenated alkanes) is 1. The van der Waals surface area contributed by atoms with Crippen molar-refractivity contribution in [3.8, 4) is 0 Å². The Kier molecular flexibility index (Phi) is 4.94. The monoisotopic (exact) mass is 372 g/mol. The molecular weight excluding hydrogens is 328 g/mol. The van der Waals surface area contributed by atoms with Crippen LogP contribution < -0.4 is 0 Å². The first-order valence-corrected chi connectivity index (χ1v) is 12.7. The zero-order valence-electron chi connectivity index (χ0n) is 18.1. The lowest BCUT2D eigenvalue weighted by Crippen LogP contribution is -2.53. The summed E-state index contributed by atoms with van der Waals surface area (Å²) in [5.74, 6) is 5.96. The molecule has 5 unspecified atom stereocenters. The molecule has 154 valence electrons. The lowest BCUT2D eigenvalue weighted by Gasteiger charge is -2.61. The van der Waals surface area contributed by atoms with E-state index in [-0.39, 0.29) is 6.10 Å². The Bertz CT molecular complexity index is 538. The highest BCUT2D eigenvalue weighted by atomic mass is 16.3. The summed E-state index contributed by atoms with van der Waals surface area (Å²) in [6.07, 6.45) is 21.6. The molecule has 1 heteroatoms. The summed E-state index contributed by atoms with van der Waals surface area (Å²) in [6, 6.07) is 0. The molecule has 0 aromatic carbocycles. The SMILES string of the molecule is CC12CC[C@H](O)CC1CC[C@@H]1C2CCC2(C)C1CC[C@@H]2CCCCC1CC1. The van der Waals surface area contributed by atoms with Crippen LogP contribution in [0.2, 0.25) is 0 Å². The van der Waals surface area contributed by atoms with Crippen molar-refractivity contribution in [1.82, 2.24) is 0 Å². The minimum Gasteiger partial charge on any atom is -0.393 e. The fourth-order valence-corrected chi connectivity index (χ4v) is 9.05. The Morgan fingerprint density at radius 1 is 0.741 bits per heavy atom. The summed E-state index contributed by atoms with van der Waals surface area (Å²) < 4.78 is 0. The molecule has 0 aromatic heterocycles. The summed E-state index contributed by atoms with van der Waals surface area (Å²) in [4.78, 5) is 0. The van der Waals surface area contributed by atoms with E-state index in [9.17, 15) is 5.11 Å². The van der Waals surface area contributed by atoms with Gasteiger partial charge in [-0.1, -0.05) is 46.0 Å². The molecule has 1 nitrogen and oxygen atoms in total. The lowest BCUT2D eigenvalue weighted by molar-refractivity contribution is -0.127.